The summed E-state index contributed by atoms with van der Waals surface area (Å²) in [5.41, 5.74) is 0.821. The molecule has 0 amide bonds. The maximum absolute atomic E-state index is 11.7. The van der Waals surface area contributed by atoms with Crippen molar-refractivity contribution >= 4 is 29.6 Å². The van der Waals surface area contributed by atoms with Crippen LogP contribution in [0, 0.1) is 0 Å². The number of rotatable bonds is 0. The molecule has 2 heterocycles. The number of Topliss-reactive ketones (excluding diaryl/α,β-unsaturated/α-hetero) is 1. The first-order valence-electron chi connectivity index (χ1n) is 4.77. The second-order valence-corrected chi connectivity index (χ2v) is 3.52. The Morgan fingerprint density at radius 1 is 1.12 bits per heavy atom. The van der Waals surface area contributed by atoms with E-state index in [0.29, 0.717) is 16.6 Å². The molecule has 1 aromatic rings. The third-order valence-electron chi connectivity index (χ3n) is 2.48. The molecule has 0 radical (unpaired) electrons. The number of aliphatic imine (C=N–C) groups is 1. The van der Waals surface area contributed by atoms with Gasteiger partial charge in [-0.3, -0.25) is 14.6 Å². The molecule has 0 spiro atoms. The van der Waals surface area contributed by atoms with Crippen LogP contribution in [0.1, 0.15) is 0 Å². The van der Waals surface area contributed by atoms with Crippen molar-refractivity contribution < 1.29 is 9.59 Å². The van der Waals surface area contributed by atoms with Gasteiger partial charge in [0, 0.05) is 17.5 Å². The number of aromatic nitrogens is 1. The van der Waals surface area contributed by atoms with Crippen LogP contribution in [-0.2, 0) is 9.59 Å². The van der Waals surface area contributed by atoms with E-state index >= 15 is 0 Å². The lowest BCUT2D eigenvalue weighted by Crippen LogP contribution is -2.36. The summed E-state index contributed by atoms with van der Waals surface area (Å²) in [5, 5.41) is 1.39. The normalized spacial score (nSPS) is 17.5. The van der Waals surface area contributed by atoms with Crippen LogP contribution < -0.4 is 10.6 Å². The van der Waals surface area contributed by atoms with E-state index in [-0.39, 0.29) is 11.6 Å². The molecule has 1 aliphatic heterocycles. The van der Waals surface area contributed by atoms with Crippen LogP contribution in [0.15, 0.2) is 35.0 Å². The number of allylic oxidation sites excluding steroid dienone is 1. The molecule has 16 heavy (non-hydrogen) atoms. The van der Waals surface area contributed by atoms with Gasteiger partial charge in [-0.1, -0.05) is 6.07 Å². The molecule has 1 aliphatic carbocycles. The first kappa shape index (κ1) is 8.91. The topological polar surface area (TPSA) is 59.4 Å². The molecule has 0 unspecified atom stereocenters. The molecular formula is C12H6N2O2. The Labute approximate surface area is 90.3 Å². The number of pyridine rings is 1. The quantitative estimate of drug-likeness (QED) is 0.559. The summed E-state index contributed by atoms with van der Waals surface area (Å²) < 4.78 is 0. The molecule has 0 saturated carbocycles. The molecule has 3 rings (SSSR count). The van der Waals surface area contributed by atoms with Crippen molar-refractivity contribution in [3.05, 3.63) is 40.5 Å². The summed E-state index contributed by atoms with van der Waals surface area (Å²) in [6.07, 6.45) is 5.62. The Balaban J connectivity index is 2.48. The van der Waals surface area contributed by atoms with Gasteiger partial charge >= 0.3 is 0 Å². The zero-order chi connectivity index (χ0) is 11.1. The maximum Gasteiger partial charge on any atom is 0.197 e. The Bertz CT molecular complexity index is 696. The third-order valence-corrected chi connectivity index (χ3v) is 2.48. The van der Waals surface area contributed by atoms with E-state index in [1.807, 2.05) is 0 Å². The first-order chi connectivity index (χ1) is 7.75. The van der Waals surface area contributed by atoms with E-state index in [1.165, 1.54) is 18.4 Å². The van der Waals surface area contributed by atoms with Crippen LogP contribution in [0.5, 0.6) is 0 Å². The lowest BCUT2D eigenvalue weighted by molar-refractivity contribution is -0.111. The number of carbonyl (C=O) groups excluding carboxylic acids is 2. The summed E-state index contributed by atoms with van der Waals surface area (Å²) in [4.78, 5) is 31.1. The van der Waals surface area contributed by atoms with E-state index in [9.17, 15) is 9.59 Å². The molecule has 0 atom stereocenters. The number of dihydropyridines is 1. The van der Waals surface area contributed by atoms with Gasteiger partial charge in [-0.25, -0.2) is 4.99 Å². The lowest BCUT2D eigenvalue weighted by atomic mass is 9.98. The average molecular weight is 210 g/mol. The third kappa shape index (κ3) is 1.16. The molecule has 0 fully saturated rings. The number of hydrogen-bond acceptors (Lipinski definition) is 4. The zero-order valence-electron chi connectivity index (χ0n) is 8.18. The largest absolute Gasteiger partial charge is 0.289 e. The molecule has 4 heteroatoms. The van der Waals surface area contributed by atoms with Crippen LogP contribution in [-0.4, -0.2) is 22.8 Å². The van der Waals surface area contributed by atoms with E-state index in [1.54, 1.807) is 18.3 Å². The molecule has 0 aromatic carbocycles. The fourth-order valence-corrected chi connectivity index (χ4v) is 1.77. The minimum Gasteiger partial charge on any atom is -0.289 e. The van der Waals surface area contributed by atoms with Crippen molar-refractivity contribution in [2.45, 2.75) is 0 Å². The number of hydrogen-bond donors (Lipinski definition) is 0. The Morgan fingerprint density at radius 2 is 2.00 bits per heavy atom. The van der Waals surface area contributed by atoms with Gasteiger partial charge in [-0.2, -0.15) is 0 Å². The highest BCUT2D eigenvalue weighted by atomic mass is 16.1. The first-order valence-corrected chi connectivity index (χ1v) is 4.77. The summed E-state index contributed by atoms with van der Waals surface area (Å²) in [6.45, 7) is 0. The van der Waals surface area contributed by atoms with E-state index in [2.05, 4.69) is 9.98 Å². The van der Waals surface area contributed by atoms with E-state index in [0.717, 1.165) is 5.22 Å². The highest BCUT2D eigenvalue weighted by Crippen LogP contribution is 2.17. The second-order valence-electron chi connectivity index (χ2n) is 3.52. The van der Waals surface area contributed by atoms with Crippen molar-refractivity contribution in [3.63, 3.8) is 0 Å². The molecule has 76 valence electrons. The van der Waals surface area contributed by atoms with Crippen molar-refractivity contribution in [1.29, 1.82) is 0 Å². The van der Waals surface area contributed by atoms with Gasteiger partial charge in [0.25, 0.3) is 0 Å². The van der Waals surface area contributed by atoms with Crippen molar-refractivity contribution in [2.75, 3.05) is 0 Å². The van der Waals surface area contributed by atoms with Crippen LogP contribution in [0.3, 0.4) is 0 Å². The molecule has 2 aliphatic rings. The van der Waals surface area contributed by atoms with Gasteiger partial charge in [0.2, 0.25) is 0 Å². The summed E-state index contributed by atoms with van der Waals surface area (Å²) in [7, 11) is 0. The van der Waals surface area contributed by atoms with Crippen LogP contribution in [0.25, 0.3) is 11.8 Å². The van der Waals surface area contributed by atoms with E-state index < -0.39 is 0 Å². The predicted octanol–water partition coefficient (Wildman–Crippen LogP) is -0.867. The zero-order valence-corrected chi connectivity index (χ0v) is 8.18. The molecule has 0 saturated heterocycles. The minimum atomic E-state index is -0.264. The van der Waals surface area contributed by atoms with Crippen LogP contribution >= 0.6 is 0 Å². The number of fused-ring (bicyclic) bond motifs is 2. The standard InChI is InChI=1S/C12H6N2O2/c15-8-5-9-10(16)4-7-2-1-3-13-11(7)12(9)14-6-8/h1-6H. The predicted molar refractivity (Wildman–Crippen MR) is 57.9 cm³/mol. The van der Waals surface area contributed by atoms with Gasteiger partial charge in [-0.05, 0) is 12.1 Å². The molecule has 4 nitrogen and oxygen atoms in total. The van der Waals surface area contributed by atoms with Gasteiger partial charge in [0.15, 0.2) is 11.6 Å². The highest BCUT2D eigenvalue weighted by Gasteiger charge is 2.21. The Hall–Kier alpha value is -2.36. The SMILES string of the molecule is O=C1C=NC2=c3ncccc3=CC(=O)C2=C1. The van der Waals surface area contributed by atoms with Gasteiger partial charge in [0.1, 0.15) is 5.70 Å². The highest BCUT2D eigenvalue weighted by molar-refractivity contribution is 6.39. The Kier molecular flexibility index (Phi) is 1.71. The molecule has 0 N–H and O–H groups in total. The van der Waals surface area contributed by atoms with Crippen LogP contribution in [0.2, 0.25) is 0 Å². The van der Waals surface area contributed by atoms with Crippen molar-refractivity contribution in [3.8, 4) is 0 Å². The smallest absolute Gasteiger partial charge is 0.197 e. The van der Waals surface area contributed by atoms with Crippen LogP contribution in [0.4, 0.5) is 0 Å². The summed E-state index contributed by atoms with van der Waals surface area (Å²) in [5.74, 6) is -0.458. The monoisotopic (exact) mass is 210 g/mol. The fourth-order valence-electron chi connectivity index (χ4n) is 1.77. The molecular weight excluding hydrogens is 204 g/mol. The average Bonchev–Trinajstić information content (AvgIpc) is 2.29. The number of carbonyl (C=O) groups is 2. The second kappa shape index (κ2) is 3.06. The number of ketones is 2. The van der Waals surface area contributed by atoms with Crippen molar-refractivity contribution in [1.82, 2.24) is 4.98 Å². The van der Waals surface area contributed by atoms with Gasteiger partial charge in [0.05, 0.1) is 17.1 Å². The number of nitrogens with zero attached hydrogens (tertiary/aromatic N) is 2. The Morgan fingerprint density at radius 3 is 2.88 bits per heavy atom. The fraction of sp³-hybridized carbons (Fsp3) is 0. The summed E-state index contributed by atoms with van der Waals surface area (Å²) in [6, 6.07) is 3.56. The molecule has 0 bridgehead atoms. The maximum atomic E-state index is 11.7. The van der Waals surface area contributed by atoms with E-state index in [4.69, 9.17) is 0 Å². The summed E-state index contributed by atoms with van der Waals surface area (Å²) >= 11 is 0. The molecule has 1 aromatic heterocycles. The van der Waals surface area contributed by atoms with Gasteiger partial charge in [-0.15, -0.1) is 0 Å². The van der Waals surface area contributed by atoms with Crippen molar-refractivity contribution in [2.24, 2.45) is 4.99 Å². The minimum absolute atomic E-state index is 0.194. The lowest BCUT2D eigenvalue weighted by Gasteiger charge is -2.11. The van der Waals surface area contributed by atoms with Gasteiger partial charge < -0.3 is 0 Å².